The molecule has 1 N–H and O–H groups in total. The average molecular weight is 456 g/mol. The van der Waals surface area contributed by atoms with Gasteiger partial charge in [-0.05, 0) is 69.7 Å². The first kappa shape index (κ1) is 23.8. The second-order valence-corrected chi connectivity index (χ2v) is 8.93. The Balaban J connectivity index is 1.65. The lowest BCUT2D eigenvalue weighted by molar-refractivity contribution is -0.120. The van der Waals surface area contributed by atoms with Crippen molar-refractivity contribution in [3.63, 3.8) is 0 Å². The quantitative estimate of drug-likeness (QED) is 0.469. The number of aromatic nitrogens is 3. The van der Waals surface area contributed by atoms with Gasteiger partial charge in [0.1, 0.15) is 5.82 Å². The first-order valence-electron chi connectivity index (χ1n) is 10.8. The minimum atomic E-state index is -0.362. The Hall–Kier alpha value is -2.87. The molecule has 0 spiro atoms. The first-order valence-corrected chi connectivity index (χ1v) is 11.7. The second kappa shape index (κ2) is 10.6. The molecule has 1 amide bonds. The molecule has 0 saturated carbocycles. The van der Waals surface area contributed by atoms with Gasteiger partial charge < -0.3 is 14.8 Å². The minimum Gasteiger partial charge on any atom is -0.372 e. The summed E-state index contributed by atoms with van der Waals surface area (Å²) >= 11 is 1.36. The van der Waals surface area contributed by atoms with Gasteiger partial charge in [-0.25, -0.2) is 4.39 Å². The van der Waals surface area contributed by atoms with Crippen molar-refractivity contribution in [2.45, 2.75) is 44.1 Å². The second-order valence-electron chi connectivity index (χ2n) is 7.63. The van der Waals surface area contributed by atoms with E-state index in [1.165, 1.54) is 29.6 Å². The fraction of sp³-hybridized carbons (Fsp3) is 0.375. The molecule has 2 aromatic carbocycles. The molecule has 0 aliphatic heterocycles. The fourth-order valence-corrected chi connectivity index (χ4v) is 4.28. The molecule has 0 aliphatic rings. The number of halogens is 1. The molecule has 2 atom stereocenters. The Morgan fingerprint density at radius 1 is 1.06 bits per heavy atom. The Morgan fingerprint density at radius 3 is 2.28 bits per heavy atom. The molecular formula is C24H30FN5OS. The highest BCUT2D eigenvalue weighted by molar-refractivity contribution is 8.00. The monoisotopic (exact) mass is 455 g/mol. The maximum absolute atomic E-state index is 13.1. The average Bonchev–Trinajstić information content (AvgIpc) is 3.15. The van der Waals surface area contributed by atoms with Crippen molar-refractivity contribution in [1.82, 2.24) is 20.1 Å². The van der Waals surface area contributed by atoms with Gasteiger partial charge in [0.2, 0.25) is 5.91 Å². The van der Waals surface area contributed by atoms with Crippen molar-refractivity contribution >= 4 is 23.4 Å². The largest absolute Gasteiger partial charge is 0.372 e. The summed E-state index contributed by atoms with van der Waals surface area (Å²) < 4.78 is 15.0. The van der Waals surface area contributed by atoms with E-state index in [9.17, 15) is 9.18 Å². The molecule has 2 unspecified atom stereocenters. The molecule has 0 aliphatic carbocycles. The summed E-state index contributed by atoms with van der Waals surface area (Å²) in [4.78, 5) is 15.0. The van der Waals surface area contributed by atoms with Gasteiger partial charge in [-0.2, -0.15) is 0 Å². The predicted octanol–water partition coefficient (Wildman–Crippen LogP) is 4.83. The number of nitrogens with zero attached hydrogens (tertiary/aromatic N) is 4. The van der Waals surface area contributed by atoms with Gasteiger partial charge in [0.05, 0.1) is 11.3 Å². The van der Waals surface area contributed by atoms with Gasteiger partial charge in [-0.1, -0.05) is 23.9 Å². The summed E-state index contributed by atoms with van der Waals surface area (Å²) in [5, 5.41) is 11.9. The van der Waals surface area contributed by atoms with Crippen LogP contribution >= 0.6 is 11.8 Å². The summed E-state index contributed by atoms with van der Waals surface area (Å²) in [6, 6.07) is 14.2. The smallest absolute Gasteiger partial charge is 0.233 e. The van der Waals surface area contributed by atoms with Crippen LogP contribution in [0.1, 0.15) is 39.3 Å². The zero-order chi connectivity index (χ0) is 23.3. The van der Waals surface area contributed by atoms with Gasteiger partial charge in [-0.3, -0.25) is 4.79 Å². The Labute approximate surface area is 193 Å². The third kappa shape index (κ3) is 5.48. The Morgan fingerprint density at radius 2 is 1.69 bits per heavy atom. The molecular weight excluding hydrogens is 425 g/mol. The van der Waals surface area contributed by atoms with E-state index in [4.69, 9.17) is 0 Å². The molecule has 170 valence electrons. The normalized spacial score (nSPS) is 12.9. The highest BCUT2D eigenvalue weighted by Gasteiger charge is 2.21. The highest BCUT2D eigenvalue weighted by Crippen LogP contribution is 2.27. The van der Waals surface area contributed by atoms with Crippen LogP contribution in [0.3, 0.4) is 0 Å². The lowest BCUT2D eigenvalue weighted by Gasteiger charge is -2.21. The van der Waals surface area contributed by atoms with E-state index in [1.807, 2.05) is 37.6 Å². The first-order chi connectivity index (χ1) is 15.3. The zero-order valence-corrected chi connectivity index (χ0v) is 20.0. The van der Waals surface area contributed by atoms with Crippen molar-refractivity contribution in [3.05, 3.63) is 59.9 Å². The van der Waals surface area contributed by atoms with Gasteiger partial charge in [-0.15, -0.1) is 10.2 Å². The standard InChI is InChI=1S/C24H30FN5OS/c1-6-30(7-2)21-14-10-19(11-15-21)22-27-28-24(29(22)5)32-17(4)23(31)26-16(3)18-8-12-20(25)13-9-18/h8-17H,6-7H2,1-5H3,(H,26,31). The van der Waals surface area contributed by atoms with E-state index in [2.05, 4.69) is 46.4 Å². The number of rotatable bonds is 9. The van der Waals surface area contributed by atoms with Crippen LogP contribution in [-0.2, 0) is 11.8 Å². The Kier molecular flexibility index (Phi) is 7.90. The lowest BCUT2D eigenvalue weighted by atomic mass is 10.1. The molecule has 3 rings (SSSR count). The summed E-state index contributed by atoms with van der Waals surface area (Å²) in [7, 11) is 1.90. The van der Waals surface area contributed by atoms with Crippen LogP contribution in [0.5, 0.6) is 0 Å². The summed E-state index contributed by atoms with van der Waals surface area (Å²) in [6.45, 7) is 9.92. The van der Waals surface area contributed by atoms with Crippen molar-refractivity contribution < 1.29 is 9.18 Å². The number of nitrogens with one attached hydrogen (secondary N) is 1. The predicted molar refractivity (Wildman–Crippen MR) is 128 cm³/mol. The topological polar surface area (TPSA) is 63.1 Å². The van der Waals surface area contributed by atoms with E-state index in [0.29, 0.717) is 5.16 Å². The van der Waals surface area contributed by atoms with Crippen molar-refractivity contribution in [3.8, 4) is 11.4 Å². The number of hydrogen-bond acceptors (Lipinski definition) is 5. The molecule has 8 heteroatoms. The molecule has 0 saturated heterocycles. The van der Waals surface area contributed by atoms with Crippen LogP contribution in [-0.4, -0.2) is 39.0 Å². The number of carbonyl (C=O) groups excluding carboxylic acids is 1. The third-order valence-corrected chi connectivity index (χ3v) is 6.60. The Bertz CT molecular complexity index is 1030. The van der Waals surface area contributed by atoms with Crippen molar-refractivity contribution in [2.24, 2.45) is 7.05 Å². The number of thioether (sulfide) groups is 1. The third-order valence-electron chi connectivity index (χ3n) is 5.47. The molecule has 32 heavy (non-hydrogen) atoms. The molecule has 0 bridgehead atoms. The molecule has 1 heterocycles. The summed E-state index contributed by atoms with van der Waals surface area (Å²) in [5.74, 6) is 0.350. The van der Waals surface area contributed by atoms with Crippen LogP contribution in [0.4, 0.5) is 10.1 Å². The van der Waals surface area contributed by atoms with Crippen molar-refractivity contribution in [2.75, 3.05) is 18.0 Å². The highest BCUT2D eigenvalue weighted by atomic mass is 32.2. The number of carbonyl (C=O) groups is 1. The van der Waals surface area contributed by atoms with Crippen LogP contribution in [0.25, 0.3) is 11.4 Å². The summed E-state index contributed by atoms with van der Waals surface area (Å²) in [5.41, 5.74) is 3.01. The molecule has 0 fully saturated rings. The number of anilines is 1. The van der Waals surface area contributed by atoms with Crippen LogP contribution < -0.4 is 10.2 Å². The fourth-order valence-electron chi connectivity index (χ4n) is 3.46. The van der Waals surface area contributed by atoms with Crippen LogP contribution in [0.2, 0.25) is 0 Å². The van der Waals surface area contributed by atoms with Gasteiger partial charge >= 0.3 is 0 Å². The van der Waals surface area contributed by atoms with E-state index in [-0.39, 0.29) is 23.0 Å². The van der Waals surface area contributed by atoms with Gasteiger partial charge in [0.25, 0.3) is 0 Å². The van der Waals surface area contributed by atoms with Crippen molar-refractivity contribution in [1.29, 1.82) is 0 Å². The lowest BCUT2D eigenvalue weighted by Crippen LogP contribution is -2.33. The van der Waals surface area contributed by atoms with Gasteiger partial charge in [0, 0.05) is 31.4 Å². The maximum Gasteiger partial charge on any atom is 0.233 e. The number of hydrogen-bond donors (Lipinski definition) is 1. The minimum absolute atomic E-state index is 0.111. The number of amides is 1. The van der Waals surface area contributed by atoms with Gasteiger partial charge in [0.15, 0.2) is 11.0 Å². The zero-order valence-electron chi connectivity index (χ0n) is 19.2. The molecule has 0 radical (unpaired) electrons. The molecule has 1 aromatic heterocycles. The molecule has 3 aromatic rings. The van der Waals surface area contributed by atoms with Crippen LogP contribution in [0.15, 0.2) is 53.7 Å². The van der Waals surface area contributed by atoms with E-state index < -0.39 is 0 Å². The molecule has 6 nitrogen and oxygen atoms in total. The summed E-state index contributed by atoms with van der Waals surface area (Å²) in [6.07, 6.45) is 0. The van der Waals surface area contributed by atoms with E-state index >= 15 is 0 Å². The van der Waals surface area contributed by atoms with E-state index in [0.717, 1.165) is 30.0 Å². The maximum atomic E-state index is 13.1. The number of benzene rings is 2. The van der Waals surface area contributed by atoms with E-state index in [1.54, 1.807) is 12.1 Å². The SMILES string of the molecule is CCN(CC)c1ccc(-c2nnc(SC(C)C(=O)NC(C)c3ccc(F)cc3)n2C)cc1. The van der Waals surface area contributed by atoms with Crippen LogP contribution in [0, 0.1) is 5.82 Å².